The number of hydrogen-bond donors (Lipinski definition) is 2. The van der Waals surface area contributed by atoms with Crippen LogP contribution in [0.15, 0.2) is 76.5 Å². The van der Waals surface area contributed by atoms with Gasteiger partial charge in [-0.3, -0.25) is 9.52 Å². The van der Waals surface area contributed by atoms with E-state index in [1.165, 1.54) is 73.7 Å². The second-order valence-electron chi connectivity index (χ2n) is 6.63. The molecule has 1 amide bonds. The molecular formula is C21H18Cl2N2O5S2. The zero-order valence-corrected chi connectivity index (χ0v) is 19.8. The summed E-state index contributed by atoms with van der Waals surface area (Å²) in [7, 11) is -7.37. The molecule has 0 aliphatic heterocycles. The van der Waals surface area contributed by atoms with Crippen molar-refractivity contribution in [2.24, 2.45) is 0 Å². The molecule has 0 radical (unpaired) electrons. The molecule has 3 aromatic rings. The van der Waals surface area contributed by atoms with Crippen molar-refractivity contribution in [2.75, 3.05) is 15.8 Å². The van der Waals surface area contributed by atoms with Gasteiger partial charge in [0.25, 0.3) is 15.9 Å². The largest absolute Gasteiger partial charge is 0.322 e. The number of hydrogen-bond acceptors (Lipinski definition) is 5. The van der Waals surface area contributed by atoms with Crippen molar-refractivity contribution in [1.82, 2.24) is 0 Å². The van der Waals surface area contributed by atoms with Crippen LogP contribution in [0.4, 0.5) is 11.4 Å². The van der Waals surface area contributed by atoms with E-state index in [9.17, 15) is 21.6 Å². The van der Waals surface area contributed by atoms with Crippen LogP contribution in [0.1, 0.15) is 17.3 Å². The maximum Gasteiger partial charge on any atom is 0.261 e. The second-order valence-corrected chi connectivity index (χ2v) is 11.5. The van der Waals surface area contributed by atoms with Crippen LogP contribution < -0.4 is 10.0 Å². The Morgan fingerprint density at radius 2 is 1.38 bits per heavy atom. The third-order valence-corrected chi connectivity index (χ3v) is 8.06. The Bertz CT molecular complexity index is 1360. The average molecular weight is 513 g/mol. The Balaban J connectivity index is 1.87. The van der Waals surface area contributed by atoms with E-state index in [0.717, 1.165) is 0 Å². The molecule has 0 spiro atoms. The predicted octanol–water partition coefficient (Wildman–Crippen LogP) is 4.84. The van der Waals surface area contributed by atoms with Crippen LogP contribution in [0.3, 0.4) is 0 Å². The summed E-state index contributed by atoms with van der Waals surface area (Å²) in [4.78, 5) is 13.0. The zero-order valence-electron chi connectivity index (χ0n) is 16.7. The molecule has 11 heteroatoms. The summed E-state index contributed by atoms with van der Waals surface area (Å²) in [6.45, 7) is 1.54. The minimum atomic E-state index is -4.00. The maximum absolute atomic E-state index is 12.9. The number of amides is 1. The van der Waals surface area contributed by atoms with Crippen LogP contribution in [0.25, 0.3) is 0 Å². The molecule has 3 aromatic carbocycles. The molecule has 168 valence electrons. The molecule has 0 saturated carbocycles. The Hall–Kier alpha value is -2.59. The predicted molar refractivity (Wildman–Crippen MR) is 126 cm³/mol. The van der Waals surface area contributed by atoms with Gasteiger partial charge in [-0.2, -0.15) is 0 Å². The van der Waals surface area contributed by atoms with Crippen molar-refractivity contribution < 1.29 is 21.6 Å². The lowest BCUT2D eigenvalue weighted by Gasteiger charge is -2.14. The van der Waals surface area contributed by atoms with Crippen molar-refractivity contribution in [3.63, 3.8) is 0 Å². The third kappa shape index (κ3) is 5.60. The summed E-state index contributed by atoms with van der Waals surface area (Å²) < 4.78 is 51.7. The number of nitrogens with one attached hydrogen (secondary N) is 2. The van der Waals surface area contributed by atoms with Crippen LogP contribution >= 0.6 is 23.2 Å². The van der Waals surface area contributed by atoms with Crippen LogP contribution in [0.5, 0.6) is 0 Å². The number of carbonyl (C=O) groups is 1. The van der Waals surface area contributed by atoms with E-state index in [2.05, 4.69) is 10.0 Å². The fourth-order valence-corrected chi connectivity index (χ4v) is 4.98. The summed E-state index contributed by atoms with van der Waals surface area (Å²) >= 11 is 11.8. The molecule has 0 saturated heterocycles. The molecule has 2 N–H and O–H groups in total. The zero-order chi connectivity index (χ0) is 23.5. The fourth-order valence-electron chi connectivity index (χ4n) is 2.72. The first-order valence-corrected chi connectivity index (χ1v) is 13.1. The van der Waals surface area contributed by atoms with E-state index in [1.807, 2.05) is 0 Å². The Labute approximate surface area is 196 Å². The van der Waals surface area contributed by atoms with Gasteiger partial charge in [-0.1, -0.05) is 30.1 Å². The van der Waals surface area contributed by atoms with Gasteiger partial charge >= 0.3 is 0 Å². The molecule has 7 nitrogen and oxygen atoms in total. The normalized spacial score (nSPS) is 11.7. The van der Waals surface area contributed by atoms with Gasteiger partial charge in [0, 0.05) is 15.7 Å². The molecule has 0 bridgehead atoms. The highest BCUT2D eigenvalue weighted by Gasteiger charge is 2.20. The summed E-state index contributed by atoms with van der Waals surface area (Å²) in [5.41, 5.74) is 0.337. The van der Waals surface area contributed by atoms with Gasteiger partial charge < -0.3 is 5.32 Å². The Kier molecular flexibility index (Phi) is 7.14. The number of carbonyl (C=O) groups excluding carboxylic acids is 1. The Morgan fingerprint density at radius 1 is 0.812 bits per heavy atom. The van der Waals surface area contributed by atoms with Gasteiger partial charge in [0.05, 0.1) is 26.8 Å². The topological polar surface area (TPSA) is 109 Å². The molecule has 32 heavy (non-hydrogen) atoms. The first-order valence-electron chi connectivity index (χ1n) is 9.24. The number of halogens is 2. The Morgan fingerprint density at radius 3 is 1.97 bits per heavy atom. The van der Waals surface area contributed by atoms with Gasteiger partial charge in [0.1, 0.15) is 0 Å². The molecule has 0 aliphatic rings. The van der Waals surface area contributed by atoms with Gasteiger partial charge in [0.15, 0.2) is 9.84 Å². The van der Waals surface area contributed by atoms with Crippen LogP contribution in [-0.4, -0.2) is 28.5 Å². The van der Waals surface area contributed by atoms with Crippen LogP contribution in [0.2, 0.25) is 10.0 Å². The molecule has 0 atom stereocenters. The lowest BCUT2D eigenvalue weighted by Crippen LogP contribution is -2.18. The third-order valence-electron chi connectivity index (χ3n) is 4.45. The molecule has 0 fully saturated rings. The lowest BCUT2D eigenvalue weighted by molar-refractivity contribution is 0.102. The first kappa shape index (κ1) is 24.1. The van der Waals surface area contributed by atoms with E-state index < -0.39 is 25.8 Å². The van der Waals surface area contributed by atoms with E-state index >= 15 is 0 Å². The van der Waals surface area contributed by atoms with E-state index in [4.69, 9.17) is 23.2 Å². The summed E-state index contributed by atoms with van der Waals surface area (Å²) in [6.07, 6.45) is 0. The molecule has 3 rings (SSSR count). The molecular weight excluding hydrogens is 495 g/mol. The molecule has 0 unspecified atom stereocenters. The SMILES string of the molecule is CCS(=O)(=O)c1ccc(NC(=O)c2cc(Cl)ccc2NS(=O)(=O)c2ccc(Cl)cc2)cc1. The minimum Gasteiger partial charge on any atom is -0.322 e. The summed E-state index contributed by atoms with van der Waals surface area (Å²) in [6, 6.07) is 15.4. The monoisotopic (exact) mass is 512 g/mol. The second kappa shape index (κ2) is 9.50. The van der Waals surface area contributed by atoms with Crippen molar-refractivity contribution >= 4 is 60.3 Å². The molecule has 0 aromatic heterocycles. The van der Waals surface area contributed by atoms with Crippen molar-refractivity contribution in [2.45, 2.75) is 16.7 Å². The quantitative estimate of drug-likeness (QED) is 0.470. The minimum absolute atomic E-state index is 0.0136. The van der Waals surface area contributed by atoms with Crippen molar-refractivity contribution in [1.29, 1.82) is 0 Å². The van der Waals surface area contributed by atoms with Crippen LogP contribution in [0, 0.1) is 0 Å². The molecule has 0 aliphatic carbocycles. The van der Waals surface area contributed by atoms with E-state index in [0.29, 0.717) is 10.7 Å². The highest BCUT2D eigenvalue weighted by Crippen LogP contribution is 2.26. The smallest absolute Gasteiger partial charge is 0.261 e. The highest BCUT2D eigenvalue weighted by atomic mass is 35.5. The van der Waals surface area contributed by atoms with E-state index in [-0.39, 0.29) is 31.8 Å². The molecule has 0 heterocycles. The lowest BCUT2D eigenvalue weighted by atomic mass is 10.1. The van der Waals surface area contributed by atoms with Crippen LogP contribution in [-0.2, 0) is 19.9 Å². The fraction of sp³-hybridized carbons (Fsp3) is 0.0952. The maximum atomic E-state index is 12.9. The summed E-state index contributed by atoms with van der Waals surface area (Å²) in [5.74, 6) is -0.675. The average Bonchev–Trinajstić information content (AvgIpc) is 2.75. The van der Waals surface area contributed by atoms with E-state index in [1.54, 1.807) is 0 Å². The number of sulfone groups is 1. The summed E-state index contributed by atoms with van der Waals surface area (Å²) in [5, 5.41) is 3.22. The number of anilines is 2. The van der Waals surface area contributed by atoms with Crippen molar-refractivity contribution in [3.05, 3.63) is 82.3 Å². The van der Waals surface area contributed by atoms with Gasteiger partial charge in [-0.05, 0) is 66.7 Å². The standard InChI is InChI=1S/C21H18Cl2N2O5S2/c1-2-31(27,28)17-10-6-16(7-11-17)24-21(26)19-13-15(23)5-12-20(19)25-32(29,30)18-8-3-14(22)4-9-18/h3-13,25H,2H2,1H3,(H,24,26). The van der Waals surface area contributed by atoms with Gasteiger partial charge in [-0.25, -0.2) is 16.8 Å². The first-order chi connectivity index (χ1) is 15.0. The number of benzene rings is 3. The van der Waals surface area contributed by atoms with Gasteiger partial charge in [-0.15, -0.1) is 0 Å². The van der Waals surface area contributed by atoms with Crippen molar-refractivity contribution in [3.8, 4) is 0 Å². The number of rotatable bonds is 7. The van der Waals surface area contributed by atoms with Gasteiger partial charge in [0.2, 0.25) is 0 Å². The number of sulfonamides is 1. The highest BCUT2D eigenvalue weighted by molar-refractivity contribution is 7.92.